The SMILES string of the molecule is Cc1cnc(Sc2cccc(Cl)c2CNC2CC2)nc1. The lowest BCUT2D eigenvalue weighted by Crippen LogP contribution is -2.16. The molecule has 104 valence electrons. The molecule has 0 bridgehead atoms. The number of rotatable bonds is 5. The summed E-state index contributed by atoms with van der Waals surface area (Å²) in [5.74, 6) is 0. The zero-order chi connectivity index (χ0) is 13.9. The fraction of sp³-hybridized carbons (Fsp3) is 0.333. The summed E-state index contributed by atoms with van der Waals surface area (Å²) in [4.78, 5) is 9.80. The number of nitrogens with zero attached hydrogens (tertiary/aromatic N) is 2. The van der Waals surface area contributed by atoms with Crippen LogP contribution in [0.3, 0.4) is 0 Å². The van der Waals surface area contributed by atoms with Crippen molar-refractivity contribution in [3.8, 4) is 0 Å². The van der Waals surface area contributed by atoms with Crippen LogP contribution in [-0.4, -0.2) is 16.0 Å². The Morgan fingerprint density at radius 1 is 1.30 bits per heavy atom. The molecule has 0 saturated heterocycles. The van der Waals surface area contributed by atoms with Crippen molar-refractivity contribution in [3.05, 3.63) is 46.7 Å². The van der Waals surface area contributed by atoms with Crippen molar-refractivity contribution in [1.82, 2.24) is 15.3 Å². The highest BCUT2D eigenvalue weighted by Crippen LogP contribution is 2.32. The average molecular weight is 306 g/mol. The van der Waals surface area contributed by atoms with E-state index in [1.807, 2.05) is 31.5 Å². The highest BCUT2D eigenvalue weighted by molar-refractivity contribution is 7.99. The highest BCUT2D eigenvalue weighted by atomic mass is 35.5. The van der Waals surface area contributed by atoms with E-state index in [1.54, 1.807) is 11.8 Å². The predicted octanol–water partition coefficient (Wildman–Crippen LogP) is 3.84. The molecule has 1 N–H and O–H groups in total. The maximum absolute atomic E-state index is 6.33. The van der Waals surface area contributed by atoms with Gasteiger partial charge in [-0.15, -0.1) is 0 Å². The summed E-state index contributed by atoms with van der Waals surface area (Å²) in [6.45, 7) is 2.79. The minimum Gasteiger partial charge on any atom is -0.310 e. The van der Waals surface area contributed by atoms with Crippen molar-refractivity contribution < 1.29 is 0 Å². The maximum atomic E-state index is 6.33. The quantitative estimate of drug-likeness (QED) is 0.852. The van der Waals surface area contributed by atoms with Crippen molar-refractivity contribution in [2.45, 2.75) is 42.4 Å². The number of benzene rings is 1. The Labute approximate surface area is 128 Å². The van der Waals surface area contributed by atoms with Crippen molar-refractivity contribution in [2.75, 3.05) is 0 Å². The van der Waals surface area contributed by atoms with Gasteiger partial charge in [0.15, 0.2) is 5.16 Å². The summed E-state index contributed by atoms with van der Waals surface area (Å²) >= 11 is 7.89. The van der Waals surface area contributed by atoms with E-state index in [4.69, 9.17) is 11.6 Å². The molecule has 0 amide bonds. The summed E-state index contributed by atoms with van der Waals surface area (Å²) in [7, 11) is 0. The molecule has 5 heteroatoms. The summed E-state index contributed by atoms with van der Waals surface area (Å²) < 4.78 is 0. The van der Waals surface area contributed by atoms with Gasteiger partial charge in [0, 0.05) is 34.9 Å². The first kappa shape index (κ1) is 13.9. The van der Waals surface area contributed by atoms with Crippen LogP contribution in [0.1, 0.15) is 24.0 Å². The van der Waals surface area contributed by atoms with Crippen LogP contribution in [0, 0.1) is 6.92 Å². The summed E-state index contributed by atoms with van der Waals surface area (Å²) in [5.41, 5.74) is 2.20. The Morgan fingerprint density at radius 3 is 2.75 bits per heavy atom. The fourth-order valence-corrected chi connectivity index (χ4v) is 3.03. The number of aromatic nitrogens is 2. The van der Waals surface area contributed by atoms with Gasteiger partial charge in [0.2, 0.25) is 0 Å². The standard InChI is InChI=1S/C15H16ClN3S/c1-10-7-18-15(19-8-10)20-14-4-2-3-13(16)12(14)9-17-11-5-6-11/h2-4,7-8,11,17H,5-6,9H2,1H3. The van der Waals surface area contributed by atoms with E-state index in [0.29, 0.717) is 6.04 Å². The number of aryl methyl sites for hydroxylation is 1. The van der Waals surface area contributed by atoms with Crippen molar-refractivity contribution >= 4 is 23.4 Å². The van der Waals surface area contributed by atoms with Gasteiger partial charge in [0.25, 0.3) is 0 Å². The van der Waals surface area contributed by atoms with Crippen LogP contribution < -0.4 is 5.32 Å². The monoisotopic (exact) mass is 305 g/mol. The van der Waals surface area contributed by atoms with E-state index in [-0.39, 0.29) is 0 Å². The van der Waals surface area contributed by atoms with Gasteiger partial charge in [0.05, 0.1) is 0 Å². The number of hydrogen-bond acceptors (Lipinski definition) is 4. The van der Waals surface area contributed by atoms with Gasteiger partial charge in [-0.1, -0.05) is 17.7 Å². The van der Waals surface area contributed by atoms with E-state index in [2.05, 4.69) is 21.4 Å². The van der Waals surface area contributed by atoms with Crippen LogP contribution in [0.5, 0.6) is 0 Å². The molecule has 0 radical (unpaired) electrons. The van der Waals surface area contributed by atoms with Crippen molar-refractivity contribution in [3.63, 3.8) is 0 Å². The fourth-order valence-electron chi connectivity index (χ4n) is 1.87. The first-order valence-electron chi connectivity index (χ1n) is 6.69. The molecular weight excluding hydrogens is 290 g/mol. The number of hydrogen-bond donors (Lipinski definition) is 1. The Hall–Kier alpha value is -1.10. The molecule has 3 nitrogen and oxygen atoms in total. The van der Waals surface area contributed by atoms with Gasteiger partial charge >= 0.3 is 0 Å². The van der Waals surface area contributed by atoms with Crippen LogP contribution in [-0.2, 0) is 6.54 Å². The van der Waals surface area contributed by atoms with E-state index in [0.717, 1.165) is 32.7 Å². The Bertz CT molecular complexity index is 597. The van der Waals surface area contributed by atoms with Crippen LogP contribution >= 0.6 is 23.4 Å². The molecule has 0 spiro atoms. The van der Waals surface area contributed by atoms with E-state index in [1.165, 1.54) is 12.8 Å². The first-order chi connectivity index (χ1) is 9.72. The van der Waals surface area contributed by atoms with Crippen molar-refractivity contribution in [1.29, 1.82) is 0 Å². The lowest BCUT2D eigenvalue weighted by atomic mass is 10.2. The molecule has 0 atom stereocenters. The van der Waals surface area contributed by atoms with E-state index in [9.17, 15) is 0 Å². The molecule has 1 aliphatic carbocycles. The number of nitrogens with one attached hydrogen (secondary N) is 1. The molecule has 1 aliphatic rings. The zero-order valence-electron chi connectivity index (χ0n) is 11.3. The molecule has 1 fully saturated rings. The third kappa shape index (κ3) is 3.51. The largest absolute Gasteiger partial charge is 0.310 e. The summed E-state index contributed by atoms with van der Waals surface area (Å²) in [6, 6.07) is 6.65. The van der Waals surface area contributed by atoms with Crippen molar-refractivity contribution in [2.24, 2.45) is 0 Å². The van der Waals surface area contributed by atoms with E-state index < -0.39 is 0 Å². The molecule has 2 aromatic rings. The molecule has 1 aromatic heterocycles. The Balaban J connectivity index is 1.80. The lowest BCUT2D eigenvalue weighted by molar-refractivity contribution is 0.680. The van der Waals surface area contributed by atoms with Crippen LogP contribution in [0.15, 0.2) is 40.6 Å². The average Bonchev–Trinajstić information content (AvgIpc) is 3.25. The third-order valence-corrected chi connectivity index (χ3v) is 4.53. The second-order valence-electron chi connectivity index (χ2n) is 5.02. The maximum Gasteiger partial charge on any atom is 0.192 e. The van der Waals surface area contributed by atoms with Gasteiger partial charge in [-0.25, -0.2) is 9.97 Å². The minimum absolute atomic E-state index is 0.666. The molecule has 3 rings (SSSR count). The molecule has 0 aliphatic heterocycles. The Kier molecular flexibility index (Phi) is 4.24. The molecule has 1 saturated carbocycles. The number of halogens is 1. The van der Waals surface area contributed by atoms with Gasteiger partial charge in [-0.3, -0.25) is 0 Å². The Morgan fingerprint density at radius 2 is 2.05 bits per heavy atom. The second kappa shape index (κ2) is 6.12. The zero-order valence-corrected chi connectivity index (χ0v) is 12.8. The normalized spacial score (nSPS) is 14.5. The molecular formula is C15H16ClN3S. The molecule has 20 heavy (non-hydrogen) atoms. The van der Waals surface area contributed by atoms with Gasteiger partial charge in [0.1, 0.15) is 0 Å². The van der Waals surface area contributed by atoms with Crippen LogP contribution in [0.4, 0.5) is 0 Å². The first-order valence-corrected chi connectivity index (χ1v) is 7.89. The second-order valence-corrected chi connectivity index (χ2v) is 6.43. The van der Waals surface area contributed by atoms with Gasteiger partial charge in [-0.2, -0.15) is 0 Å². The smallest absolute Gasteiger partial charge is 0.192 e. The van der Waals surface area contributed by atoms with E-state index >= 15 is 0 Å². The summed E-state index contributed by atoms with van der Waals surface area (Å²) in [6.07, 6.45) is 6.21. The minimum atomic E-state index is 0.666. The van der Waals surface area contributed by atoms with Crippen LogP contribution in [0.2, 0.25) is 5.02 Å². The van der Waals surface area contributed by atoms with Crippen LogP contribution in [0.25, 0.3) is 0 Å². The van der Waals surface area contributed by atoms with Gasteiger partial charge in [-0.05, 0) is 54.8 Å². The molecule has 0 unspecified atom stereocenters. The molecule has 1 aromatic carbocycles. The topological polar surface area (TPSA) is 37.8 Å². The third-order valence-electron chi connectivity index (χ3n) is 3.18. The lowest BCUT2D eigenvalue weighted by Gasteiger charge is -2.11. The summed E-state index contributed by atoms with van der Waals surface area (Å²) in [5, 5.41) is 5.07. The molecule has 1 heterocycles. The van der Waals surface area contributed by atoms with Gasteiger partial charge < -0.3 is 5.32 Å². The predicted molar refractivity (Wildman–Crippen MR) is 82.2 cm³/mol. The highest BCUT2D eigenvalue weighted by Gasteiger charge is 2.21.